The summed E-state index contributed by atoms with van der Waals surface area (Å²) < 4.78 is 15.0. The van der Waals surface area contributed by atoms with Gasteiger partial charge in [0.1, 0.15) is 5.82 Å². The van der Waals surface area contributed by atoms with Gasteiger partial charge in [0, 0.05) is 10.0 Å². The van der Waals surface area contributed by atoms with Crippen molar-refractivity contribution < 1.29 is 14.0 Å². The van der Waals surface area contributed by atoms with Gasteiger partial charge in [-0.15, -0.1) is 10.2 Å². The zero-order valence-electron chi connectivity index (χ0n) is 14.9. The van der Waals surface area contributed by atoms with E-state index in [1.807, 2.05) is 6.07 Å². The van der Waals surface area contributed by atoms with Gasteiger partial charge >= 0.3 is 0 Å². The van der Waals surface area contributed by atoms with Gasteiger partial charge < -0.3 is 16.5 Å². The Labute approximate surface area is 178 Å². The van der Waals surface area contributed by atoms with Gasteiger partial charge in [0.2, 0.25) is 17.0 Å². The van der Waals surface area contributed by atoms with Crippen molar-refractivity contribution in [1.82, 2.24) is 20.2 Å². The Balaban J connectivity index is 1.49. The topological polar surface area (TPSA) is 115 Å². The number of para-hydroxylation sites is 1. The molecule has 0 unspecified atom stereocenters. The summed E-state index contributed by atoms with van der Waals surface area (Å²) >= 11 is 4.40. The lowest BCUT2D eigenvalue weighted by Gasteiger charge is -2.08. The zero-order valence-corrected chi connectivity index (χ0v) is 17.3. The number of rotatable bonds is 7. The van der Waals surface area contributed by atoms with Crippen LogP contribution in [0.3, 0.4) is 0 Å². The van der Waals surface area contributed by atoms with Crippen molar-refractivity contribution in [2.75, 3.05) is 23.5 Å². The van der Waals surface area contributed by atoms with Crippen LogP contribution in [0.15, 0.2) is 58.2 Å². The van der Waals surface area contributed by atoms with E-state index in [2.05, 4.69) is 36.8 Å². The fraction of sp³-hybridized carbons (Fsp3) is 0.111. The van der Waals surface area contributed by atoms with Gasteiger partial charge in [0.05, 0.1) is 18.0 Å². The molecule has 0 spiro atoms. The molecule has 0 saturated heterocycles. The molecule has 11 heteroatoms. The maximum Gasteiger partial charge on any atom is 0.243 e. The third-order valence-corrected chi connectivity index (χ3v) is 5.33. The number of aromatic nitrogens is 3. The second-order valence-electron chi connectivity index (χ2n) is 5.78. The molecule has 2 aromatic carbocycles. The predicted molar refractivity (Wildman–Crippen MR) is 112 cm³/mol. The fourth-order valence-electron chi connectivity index (χ4n) is 2.29. The highest BCUT2D eigenvalue weighted by Crippen LogP contribution is 2.22. The first kappa shape index (κ1) is 20.8. The van der Waals surface area contributed by atoms with Crippen molar-refractivity contribution in [3.8, 4) is 11.4 Å². The van der Waals surface area contributed by atoms with Crippen LogP contribution in [0.5, 0.6) is 0 Å². The van der Waals surface area contributed by atoms with Gasteiger partial charge in [0.15, 0.2) is 5.82 Å². The molecule has 4 N–H and O–H groups in total. The monoisotopic (exact) mass is 478 g/mol. The first-order chi connectivity index (χ1) is 13.9. The Morgan fingerprint density at radius 3 is 2.55 bits per heavy atom. The maximum atomic E-state index is 13.0. The summed E-state index contributed by atoms with van der Waals surface area (Å²) in [7, 11) is 0. The third-order valence-electron chi connectivity index (χ3n) is 3.69. The number of nitrogens with one attached hydrogen (secondary N) is 2. The number of anilines is 1. The van der Waals surface area contributed by atoms with Gasteiger partial charge in [-0.05, 0) is 52.3 Å². The number of thioether (sulfide) groups is 1. The van der Waals surface area contributed by atoms with Crippen molar-refractivity contribution >= 4 is 45.2 Å². The van der Waals surface area contributed by atoms with Crippen LogP contribution in [0.2, 0.25) is 0 Å². The molecule has 1 heterocycles. The molecule has 150 valence electrons. The zero-order chi connectivity index (χ0) is 20.8. The minimum atomic E-state index is -0.369. The SMILES string of the molecule is Nn1c(SCC(=O)NCC(=O)Nc2ccccc2Br)nnc1-c1ccc(F)cc1. The quantitative estimate of drug-likeness (QED) is 0.354. The van der Waals surface area contributed by atoms with Crippen molar-refractivity contribution in [1.29, 1.82) is 0 Å². The number of nitrogen functional groups attached to an aromatic ring is 1. The van der Waals surface area contributed by atoms with Gasteiger partial charge in [-0.3, -0.25) is 9.59 Å². The van der Waals surface area contributed by atoms with Crippen molar-refractivity contribution in [3.05, 3.63) is 58.8 Å². The highest BCUT2D eigenvalue weighted by molar-refractivity contribution is 9.10. The molecule has 29 heavy (non-hydrogen) atoms. The van der Waals surface area contributed by atoms with E-state index < -0.39 is 0 Å². The van der Waals surface area contributed by atoms with E-state index in [1.165, 1.54) is 28.9 Å². The van der Waals surface area contributed by atoms with Crippen molar-refractivity contribution in [3.63, 3.8) is 0 Å². The average Bonchev–Trinajstić information content (AvgIpc) is 3.07. The average molecular weight is 479 g/mol. The molecule has 0 radical (unpaired) electrons. The normalized spacial score (nSPS) is 10.6. The molecule has 0 saturated carbocycles. The molecular formula is C18H16BrFN6O2S. The molecule has 1 aromatic heterocycles. The van der Waals surface area contributed by atoms with E-state index in [1.54, 1.807) is 18.2 Å². The molecule has 8 nitrogen and oxygen atoms in total. The molecule has 0 atom stereocenters. The lowest BCUT2D eigenvalue weighted by molar-refractivity contribution is -0.122. The van der Waals surface area contributed by atoms with E-state index in [0.29, 0.717) is 22.2 Å². The van der Waals surface area contributed by atoms with Gasteiger partial charge in [-0.25, -0.2) is 9.07 Å². The van der Waals surface area contributed by atoms with Crippen LogP contribution in [0.1, 0.15) is 0 Å². The van der Waals surface area contributed by atoms with Gasteiger partial charge in [-0.2, -0.15) is 0 Å². The molecule has 0 bridgehead atoms. The lowest BCUT2D eigenvalue weighted by atomic mass is 10.2. The Morgan fingerprint density at radius 1 is 1.10 bits per heavy atom. The van der Waals surface area contributed by atoms with Crippen LogP contribution in [0.25, 0.3) is 11.4 Å². The molecular weight excluding hydrogens is 463 g/mol. The first-order valence-corrected chi connectivity index (χ1v) is 10.1. The lowest BCUT2D eigenvalue weighted by Crippen LogP contribution is -2.34. The highest BCUT2D eigenvalue weighted by atomic mass is 79.9. The van der Waals surface area contributed by atoms with Gasteiger partial charge in [-0.1, -0.05) is 23.9 Å². The van der Waals surface area contributed by atoms with Crippen molar-refractivity contribution in [2.45, 2.75) is 5.16 Å². The summed E-state index contributed by atoms with van der Waals surface area (Å²) in [6, 6.07) is 12.8. The Hall–Kier alpha value is -2.92. The molecule has 3 rings (SSSR count). The minimum absolute atomic E-state index is 0.00105. The third kappa shape index (κ3) is 5.55. The number of nitrogens with two attached hydrogens (primary N) is 1. The van der Waals surface area contributed by atoms with Crippen LogP contribution < -0.4 is 16.5 Å². The number of hydrogen-bond donors (Lipinski definition) is 3. The summed E-state index contributed by atoms with van der Waals surface area (Å²) in [6.45, 7) is -0.170. The summed E-state index contributed by atoms with van der Waals surface area (Å²) in [5, 5.41) is 13.4. The van der Waals surface area contributed by atoms with E-state index in [-0.39, 0.29) is 29.9 Å². The van der Waals surface area contributed by atoms with Crippen LogP contribution >= 0.6 is 27.7 Å². The molecule has 2 amide bonds. The Bertz CT molecular complexity index is 1030. The number of carbonyl (C=O) groups excluding carboxylic acids is 2. The maximum absolute atomic E-state index is 13.0. The van der Waals surface area contributed by atoms with Crippen LogP contribution in [-0.4, -0.2) is 39.0 Å². The molecule has 0 fully saturated rings. The number of benzene rings is 2. The smallest absolute Gasteiger partial charge is 0.243 e. The Morgan fingerprint density at radius 2 is 1.83 bits per heavy atom. The summed E-state index contributed by atoms with van der Waals surface area (Å²) in [6.07, 6.45) is 0. The summed E-state index contributed by atoms with van der Waals surface area (Å²) in [5.74, 6) is 5.23. The number of hydrogen-bond acceptors (Lipinski definition) is 6. The van der Waals surface area contributed by atoms with Crippen LogP contribution in [0.4, 0.5) is 10.1 Å². The number of halogens is 2. The molecule has 0 aliphatic carbocycles. The van der Waals surface area contributed by atoms with E-state index >= 15 is 0 Å². The van der Waals surface area contributed by atoms with E-state index in [9.17, 15) is 14.0 Å². The van der Waals surface area contributed by atoms with E-state index in [0.717, 1.165) is 16.2 Å². The highest BCUT2D eigenvalue weighted by Gasteiger charge is 2.14. The standard InChI is InChI=1S/C18H16BrFN6O2S/c19-13-3-1-2-4-14(13)23-15(27)9-22-16(28)10-29-18-25-24-17(26(18)21)11-5-7-12(20)8-6-11/h1-8H,9-10,21H2,(H,22,28)(H,23,27). The minimum Gasteiger partial charge on any atom is -0.346 e. The predicted octanol–water partition coefficient (Wildman–Crippen LogP) is 2.41. The number of nitrogens with zero attached hydrogens (tertiary/aromatic N) is 3. The number of amides is 2. The molecule has 0 aliphatic heterocycles. The first-order valence-electron chi connectivity index (χ1n) is 8.34. The summed E-state index contributed by atoms with van der Waals surface area (Å²) in [4.78, 5) is 24.0. The Kier molecular flexibility index (Phi) is 6.83. The second-order valence-corrected chi connectivity index (χ2v) is 7.57. The second kappa shape index (κ2) is 9.52. The number of carbonyl (C=O) groups is 2. The van der Waals surface area contributed by atoms with Crippen molar-refractivity contribution in [2.24, 2.45) is 0 Å². The van der Waals surface area contributed by atoms with Crippen LogP contribution in [-0.2, 0) is 9.59 Å². The fourth-order valence-corrected chi connectivity index (χ4v) is 3.36. The molecule has 0 aliphatic rings. The van der Waals surface area contributed by atoms with E-state index in [4.69, 9.17) is 5.84 Å². The van der Waals surface area contributed by atoms with Gasteiger partial charge in [0.25, 0.3) is 0 Å². The van der Waals surface area contributed by atoms with Crippen LogP contribution in [0, 0.1) is 5.82 Å². The summed E-state index contributed by atoms with van der Waals surface area (Å²) in [5.41, 5.74) is 1.21. The largest absolute Gasteiger partial charge is 0.346 e. The molecule has 3 aromatic rings.